The predicted octanol–water partition coefficient (Wildman–Crippen LogP) is 4.16. The van der Waals surface area contributed by atoms with E-state index >= 15 is 0 Å². The molecule has 0 atom stereocenters. The van der Waals surface area contributed by atoms with Gasteiger partial charge in [0.2, 0.25) is 0 Å². The van der Waals surface area contributed by atoms with Crippen LogP contribution in [0.25, 0.3) is 5.69 Å². The number of ketones is 1. The summed E-state index contributed by atoms with van der Waals surface area (Å²) in [5, 5.41) is 9.00. The number of carbonyl (C=O) groups is 1. The minimum atomic E-state index is 0.0936. The number of para-hydroxylation sites is 1. The molecule has 0 amide bonds. The van der Waals surface area contributed by atoms with Crippen LogP contribution in [0.4, 0.5) is 0 Å². The quantitative estimate of drug-likeness (QED) is 0.358. The largest absolute Gasteiger partial charge is 0.318 e. The molecule has 0 aliphatic heterocycles. The number of hydrogen-bond acceptors (Lipinski definition) is 4. The van der Waals surface area contributed by atoms with Crippen LogP contribution >= 0.6 is 11.8 Å². The highest BCUT2D eigenvalue weighted by atomic mass is 32.2. The number of hydrogen-bond donors (Lipinski definition) is 0. The molecule has 2 heterocycles. The topological polar surface area (TPSA) is 52.7 Å². The molecule has 5 nitrogen and oxygen atoms in total. The lowest BCUT2D eigenvalue weighted by molar-refractivity contribution is 0.102. The van der Waals surface area contributed by atoms with Crippen molar-refractivity contribution in [2.75, 3.05) is 5.75 Å². The zero-order valence-electron chi connectivity index (χ0n) is 15.3. The van der Waals surface area contributed by atoms with Crippen molar-refractivity contribution >= 4 is 17.5 Å². The van der Waals surface area contributed by atoms with Crippen LogP contribution in [0.15, 0.2) is 54.2 Å². The van der Waals surface area contributed by atoms with Gasteiger partial charge in [-0.3, -0.25) is 4.79 Å². The van der Waals surface area contributed by atoms with Gasteiger partial charge in [-0.15, -0.1) is 16.8 Å². The van der Waals surface area contributed by atoms with E-state index in [0.717, 1.165) is 33.6 Å². The van der Waals surface area contributed by atoms with E-state index in [4.69, 9.17) is 0 Å². The molecule has 0 bridgehead atoms. The molecule has 6 heteroatoms. The number of allylic oxidation sites excluding steroid dienone is 1. The Hall–Kier alpha value is -2.60. The molecule has 2 aromatic heterocycles. The molecule has 3 rings (SSSR count). The SMILES string of the molecule is C=CCn1c(C)nnc1SCC(=O)c1cc(C)n(-c2ccccc2)c1C. The van der Waals surface area contributed by atoms with Gasteiger partial charge in [-0.2, -0.15) is 0 Å². The molecule has 0 saturated heterocycles. The van der Waals surface area contributed by atoms with Gasteiger partial charge in [-0.25, -0.2) is 0 Å². The number of benzene rings is 1. The summed E-state index contributed by atoms with van der Waals surface area (Å²) in [6.07, 6.45) is 1.80. The van der Waals surface area contributed by atoms with Gasteiger partial charge in [0, 0.05) is 29.2 Å². The molecule has 0 spiro atoms. The van der Waals surface area contributed by atoms with Crippen molar-refractivity contribution in [1.82, 2.24) is 19.3 Å². The first-order chi connectivity index (χ1) is 12.5. The number of Topliss-reactive ketones (excluding diaryl/α,β-unsaturated/α-hetero) is 1. The maximum absolute atomic E-state index is 12.8. The van der Waals surface area contributed by atoms with E-state index in [1.165, 1.54) is 11.8 Å². The number of aryl methyl sites for hydroxylation is 2. The summed E-state index contributed by atoms with van der Waals surface area (Å²) in [5.74, 6) is 1.24. The van der Waals surface area contributed by atoms with Crippen LogP contribution in [0.3, 0.4) is 0 Å². The van der Waals surface area contributed by atoms with Crippen LogP contribution in [0.1, 0.15) is 27.6 Å². The van der Waals surface area contributed by atoms with Crippen molar-refractivity contribution in [3.63, 3.8) is 0 Å². The molecule has 134 valence electrons. The Labute approximate surface area is 157 Å². The van der Waals surface area contributed by atoms with Gasteiger partial charge < -0.3 is 9.13 Å². The van der Waals surface area contributed by atoms with Crippen molar-refractivity contribution < 1.29 is 4.79 Å². The van der Waals surface area contributed by atoms with E-state index in [1.54, 1.807) is 6.08 Å². The standard InChI is InChI=1S/C20H22N4OS/c1-5-11-23-16(4)21-22-20(23)26-13-19(25)18-12-14(2)24(15(18)3)17-9-7-6-8-10-17/h5-10,12H,1,11,13H2,2-4H3. The van der Waals surface area contributed by atoms with Crippen molar-refractivity contribution in [3.8, 4) is 5.69 Å². The third-order valence-electron chi connectivity index (χ3n) is 4.29. The summed E-state index contributed by atoms with van der Waals surface area (Å²) in [5.41, 5.74) is 3.83. The first-order valence-corrected chi connectivity index (χ1v) is 9.42. The van der Waals surface area contributed by atoms with E-state index in [2.05, 4.69) is 21.3 Å². The molecule has 0 aliphatic carbocycles. The lowest BCUT2D eigenvalue weighted by Gasteiger charge is -2.09. The number of carbonyl (C=O) groups excluding carboxylic acids is 1. The molecule has 0 fully saturated rings. The zero-order valence-corrected chi connectivity index (χ0v) is 16.1. The summed E-state index contributed by atoms with van der Waals surface area (Å²) in [6, 6.07) is 12.0. The smallest absolute Gasteiger partial charge is 0.191 e. The summed E-state index contributed by atoms with van der Waals surface area (Å²) < 4.78 is 4.07. The second-order valence-corrected chi connectivity index (χ2v) is 7.04. The van der Waals surface area contributed by atoms with E-state index in [0.29, 0.717) is 12.3 Å². The Morgan fingerprint density at radius 1 is 1.19 bits per heavy atom. The van der Waals surface area contributed by atoms with Gasteiger partial charge >= 0.3 is 0 Å². The fraction of sp³-hybridized carbons (Fsp3) is 0.250. The highest BCUT2D eigenvalue weighted by molar-refractivity contribution is 7.99. The maximum Gasteiger partial charge on any atom is 0.191 e. The Morgan fingerprint density at radius 3 is 2.62 bits per heavy atom. The minimum Gasteiger partial charge on any atom is -0.318 e. The first kappa shape index (κ1) is 18.2. The van der Waals surface area contributed by atoms with E-state index in [-0.39, 0.29) is 5.78 Å². The molecule has 0 saturated carbocycles. The highest BCUT2D eigenvalue weighted by Gasteiger charge is 2.18. The summed E-state index contributed by atoms with van der Waals surface area (Å²) >= 11 is 1.41. The van der Waals surface area contributed by atoms with Crippen LogP contribution < -0.4 is 0 Å². The zero-order chi connectivity index (χ0) is 18.7. The van der Waals surface area contributed by atoms with Crippen LogP contribution in [0.2, 0.25) is 0 Å². The molecule has 3 aromatic rings. The summed E-state index contributed by atoms with van der Waals surface area (Å²) in [6.45, 7) is 10.3. The van der Waals surface area contributed by atoms with E-state index in [1.807, 2.05) is 61.7 Å². The van der Waals surface area contributed by atoms with Crippen molar-refractivity contribution in [2.24, 2.45) is 0 Å². The Bertz CT molecular complexity index is 940. The van der Waals surface area contributed by atoms with E-state index < -0.39 is 0 Å². The van der Waals surface area contributed by atoms with Crippen LogP contribution in [0.5, 0.6) is 0 Å². The monoisotopic (exact) mass is 366 g/mol. The number of thioether (sulfide) groups is 1. The lowest BCUT2D eigenvalue weighted by atomic mass is 10.2. The third-order valence-corrected chi connectivity index (χ3v) is 5.26. The average molecular weight is 366 g/mol. The van der Waals surface area contributed by atoms with Crippen LogP contribution in [0, 0.1) is 20.8 Å². The third kappa shape index (κ3) is 3.51. The fourth-order valence-corrected chi connectivity index (χ4v) is 3.91. The Balaban J connectivity index is 1.80. The normalized spacial score (nSPS) is 10.9. The molecular formula is C20H22N4OS. The van der Waals surface area contributed by atoms with Crippen molar-refractivity contribution in [3.05, 3.63) is 71.8 Å². The summed E-state index contributed by atoms with van der Waals surface area (Å²) in [4.78, 5) is 12.8. The van der Waals surface area contributed by atoms with E-state index in [9.17, 15) is 4.79 Å². The molecule has 1 aromatic carbocycles. The van der Waals surface area contributed by atoms with Crippen molar-refractivity contribution in [1.29, 1.82) is 0 Å². The molecule has 0 N–H and O–H groups in total. The predicted molar refractivity (Wildman–Crippen MR) is 105 cm³/mol. The molecule has 0 radical (unpaired) electrons. The molecular weight excluding hydrogens is 344 g/mol. The Morgan fingerprint density at radius 2 is 1.92 bits per heavy atom. The summed E-state index contributed by atoms with van der Waals surface area (Å²) in [7, 11) is 0. The average Bonchev–Trinajstić information content (AvgIpc) is 3.14. The number of aromatic nitrogens is 4. The molecule has 0 aliphatic rings. The fourth-order valence-electron chi connectivity index (χ4n) is 3.03. The van der Waals surface area contributed by atoms with Crippen LogP contribution in [-0.4, -0.2) is 30.9 Å². The molecule has 0 unspecified atom stereocenters. The van der Waals surface area contributed by atoms with Gasteiger partial charge in [0.15, 0.2) is 10.9 Å². The lowest BCUT2D eigenvalue weighted by Crippen LogP contribution is -2.07. The minimum absolute atomic E-state index is 0.0936. The van der Waals surface area contributed by atoms with Gasteiger partial charge in [0.05, 0.1) is 5.75 Å². The van der Waals surface area contributed by atoms with Gasteiger partial charge in [0.25, 0.3) is 0 Å². The second kappa shape index (κ2) is 7.74. The maximum atomic E-state index is 12.8. The van der Waals surface area contributed by atoms with Crippen LogP contribution in [-0.2, 0) is 6.54 Å². The van der Waals surface area contributed by atoms with Gasteiger partial charge in [-0.1, -0.05) is 36.0 Å². The Kier molecular flexibility index (Phi) is 5.42. The molecule has 26 heavy (non-hydrogen) atoms. The highest BCUT2D eigenvalue weighted by Crippen LogP contribution is 2.24. The number of nitrogens with zero attached hydrogens (tertiary/aromatic N) is 4. The first-order valence-electron chi connectivity index (χ1n) is 8.44. The second-order valence-electron chi connectivity index (χ2n) is 6.10. The number of rotatable bonds is 7. The van der Waals surface area contributed by atoms with Gasteiger partial charge in [0.1, 0.15) is 5.82 Å². The van der Waals surface area contributed by atoms with Gasteiger partial charge in [-0.05, 0) is 39.0 Å². The van der Waals surface area contributed by atoms with Crippen molar-refractivity contribution in [2.45, 2.75) is 32.5 Å².